The van der Waals surface area contributed by atoms with Gasteiger partial charge in [0.1, 0.15) is 5.57 Å². The molecule has 1 aromatic heterocycles. The third-order valence-electron chi connectivity index (χ3n) is 3.97. The van der Waals surface area contributed by atoms with E-state index in [1.54, 1.807) is 0 Å². The lowest BCUT2D eigenvalue weighted by Gasteiger charge is -2.08. The summed E-state index contributed by atoms with van der Waals surface area (Å²) in [5.74, 6) is -0.191. The molecular weight excluding hydrogens is 286 g/mol. The predicted octanol–water partition coefficient (Wildman–Crippen LogP) is 4.91. The summed E-state index contributed by atoms with van der Waals surface area (Å²) in [6.45, 7) is 6.61. The fraction of sp³-hybridized carbons (Fsp3) is 0.600. The second-order valence-corrected chi connectivity index (χ2v) is 6.01. The third kappa shape index (κ3) is 7.45. The van der Waals surface area contributed by atoms with Crippen molar-refractivity contribution in [3.05, 3.63) is 36.2 Å². The van der Waals surface area contributed by atoms with Crippen molar-refractivity contribution in [3.63, 3.8) is 0 Å². The number of carbonyl (C=O) groups is 1. The van der Waals surface area contributed by atoms with Crippen molar-refractivity contribution in [3.8, 4) is 0 Å². The Kier molecular flexibility index (Phi) is 10.0. The molecule has 0 unspecified atom stereocenters. The maximum absolute atomic E-state index is 12.2. The molecule has 3 heteroatoms. The Balaban J connectivity index is 2.72. The largest absolute Gasteiger partial charge is 0.462 e. The Labute approximate surface area is 141 Å². The van der Waals surface area contributed by atoms with Gasteiger partial charge >= 0.3 is 5.97 Å². The van der Waals surface area contributed by atoms with Gasteiger partial charge in [0, 0.05) is 18.6 Å². The zero-order valence-electron chi connectivity index (χ0n) is 15.0. The minimum absolute atomic E-state index is 0.191. The van der Waals surface area contributed by atoms with E-state index in [-0.39, 0.29) is 5.97 Å². The molecule has 1 heterocycles. The van der Waals surface area contributed by atoms with Crippen LogP contribution in [0.4, 0.5) is 0 Å². The van der Waals surface area contributed by atoms with Crippen LogP contribution in [0.5, 0.6) is 0 Å². The van der Waals surface area contributed by atoms with Crippen LogP contribution in [-0.4, -0.2) is 12.6 Å². The molecule has 0 radical (unpaired) electrons. The molecule has 0 N–H and O–H groups in total. The number of pyridine rings is 1. The molecule has 0 amide bonds. The standard InChI is InChI=1S/C20H32NO2/c1-4-6-7-8-9-11-14-19(21-15-12-10-13-16-21)18(3)20(22)23-17-5-2/h10,12-13,15-16H,4-9,11,14,17H2,1-3H3/q+1. The van der Waals surface area contributed by atoms with E-state index >= 15 is 0 Å². The zero-order chi connectivity index (χ0) is 16.9. The molecule has 0 bridgehead atoms. The van der Waals surface area contributed by atoms with Gasteiger partial charge in [0.2, 0.25) is 0 Å². The van der Waals surface area contributed by atoms with Gasteiger partial charge in [-0.25, -0.2) is 4.79 Å². The first-order chi connectivity index (χ1) is 11.2. The molecule has 0 fully saturated rings. The summed E-state index contributed by atoms with van der Waals surface area (Å²) in [5, 5.41) is 0. The maximum Gasteiger partial charge on any atom is 0.340 e. The fourth-order valence-corrected chi connectivity index (χ4v) is 2.58. The number of esters is 1. The van der Waals surface area contributed by atoms with Crippen LogP contribution in [0.25, 0.3) is 5.70 Å². The molecule has 0 aromatic carbocycles. The topological polar surface area (TPSA) is 30.2 Å². The molecule has 1 rings (SSSR count). The van der Waals surface area contributed by atoms with Crippen molar-refractivity contribution < 1.29 is 14.1 Å². The summed E-state index contributed by atoms with van der Waals surface area (Å²) in [5.41, 5.74) is 1.78. The summed E-state index contributed by atoms with van der Waals surface area (Å²) in [6, 6.07) is 5.97. The lowest BCUT2D eigenvalue weighted by molar-refractivity contribution is -0.584. The highest BCUT2D eigenvalue weighted by molar-refractivity contribution is 5.92. The van der Waals surface area contributed by atoms with E-state index in [4.69, 9.17) is 4.74 Å². The molecule has 3 nitrogen and oxygen atoms in total. The van der Waals surface area contributed by atoms with Crippen LogP contribution in [0, 0.1) is 0 Å². The van der Waals surface area contributed by atoms with Crippen LogP contribution in [0.3, 0.4) is 0 Å². The number of ether oxygens (including phenoxy) is 1. The van der Waals surface area contributed by atoms with Gasteiger partial charge in [-0.05, 0) is 19.8 Å². The molecule has 0 atom stereocenters. The van der Waals surface area contributed by atoms with Gasteiger partial charge < -0.3 is 4.74 Å². The number of aromatic nitrogens is 1. The van der Waals surface area contributed by atoms with Gasteiger partial charge in [0.05, 0.1) is 6.61 Å². The van der Waals surface area contributed by atoms with Crippen LogP contribution >= 0.6 is 0 Å². The van der Waals surface area contributed by atoms with E-state index in [0.717, 1.165) is 30.5 Å². The molecular formula is C20H32NO2+. The number of allylic oxidation sites excluding steroid dienone is 1. The van der Waals surface area contributed by atoms with Crippen LogP contribution < -0.4 is 4.57 Å². The van der Waals surface area contributed by atoms with Crippen molar-refractivity contribution in [2.24, 2.45) is 0 Å². The number of nitrogens with zero attached hydrogens (tertiary/aromatic N) is 1. The number of hydrogen-bond acceptors (Lipinski definition) is 2. The van der Waals surface area contributed by atoms with Crippen molar-refractivity contribution in [2.75, 3.05) is 6.61 Å². The second-order valence-electron chi connectivity index (χ2n) is 6.01. The normalized spacial score (nSPS) is 12.0. The van der Waals surface area contributed by atoms with Gasteiger partial charge in [-0.3, -0.25) is 0 Å². The van der Waals surface area contributed by atoms with E-state index in [1.165, 1.54) is 32.1 Å². The minimum Gasteiger partial charge on any atom is -0.462 e. The number of carbonyl (C=O) groups excluding carboxylic acids is 1. The first-order valence-corrected chi connectivity index (χ1v) is 9.04. The van der Waals surface area contributed by atoms with Crippen LogP contribution in [0.15, 0.2) is 36.2 Å². The summed E-state index contributed by atoms with van der Waals surface area (Å²) in [7, 11) is 0. The van der Waals surface area contributed by atoms with Crippen LogP contribution in [-0.2, 0) is 9.53 Å². The quantitative estimate of drug-likeness (QED) is 0.251. The molecule has 0 saturated heterocycles. The Hall–Kier alpha value is -1.64. The Morgan fingerprint density at radius 1 is 0.913 bits per heavy atom. The van der Waals surface area contributed by atoms with Gasteiger partial charge in [-0.15, -0.1) is 0 Å². The number of hydrogen-bond donors (Lipinski definition) is 0. The highest BCUT2D eigenvalue weighted by atomic mass is 16.5. The zero-order valence-corrected chi connectivity index (χ0v) is 15.0. The Morgan fingerprint density at radius 2 is 1.57 bits per heavy atom. The number of rotatable bonds is 11. The van der Waals surface area contributed by atoms with Gasteiger partial charge in [-0.1, -0.05) is 52.0 Å². The minimum atomic E-state index is -0.191. The number of unbranched alkanes of at least 4 members (excludes halogenated alkanes) is 5. The van der Waals surface area contributed by atoms with E-state index < -0.39 is 0 Å². The monoisotopic (exact) mass is 318 g/mol. The molecule has 0 aliphatic carbocycles. The Bertz CT molecular complexity index is 480. The van der Waals surface area contributed by atoms with Crippen LogP contribution in [0.2, 0.25) is 0 Å². The van der Waals surface area contributed by atoms with E-state index in [2.05, 4.69) is 11.5 Å². The highest BCUT2D eigenvalue weighted by Crippen LogP contribution is 2.16. The average Bonchev–Trinajstić information content (AvgIpc) is 2.59. The van der Waals surface area contributed by atoms with Crippen molar-refractivity contribution in [2.45, 2.75) is 72.1 Å². The molecule has 0 aliphatic heterocycles. The SMILES string of the molecule is CCCCCCCCC(=C(C)C(=O)OCCC)[n+]1ccccc1. The summed E-state index contributed by atoms with van der Waals surface area (Å²) < 4.78 is 7.35. The molecule has 23 heavy (non-hydrogen) atoms. The lowest BCUT2D eigenvalue weighted by Crippen LogP contribution is -2.33. The predicted molar refractivity (Wildman–Crippen MR) is 94.8 cm³/mol. The van der Waals surface area contributed by atoms with Crippen molar-refractivity contribution in [1.29, 1.82) is 0 Å². The van der Waals surface area contributed by atoms with Gasteiger partial charge in [0.15, 0.2) is 18.1 Å². The second kappa shape index (κ2) is 11.9. The third-order valence-corrected chi connectivity index (χ3v) is 3.97. The smallest absolute Gasteiger partial charge is 0.340 e. The first kappa shape index (κ1) is 19.4. The van der Waals surface area contributed by atoms with Gasteiger partial charge in [0.25, 0.3) is 0 Å². The molecule has 1 aromatic rings. The Morgan fingerprint density at radius 3 is 2.22 bits per heavy atom. The van der Waals surface area contributed by atoms with Crippen LogP contribution in [0.1, 0.15) is 72.1 Å². The van der Waals surface area contributed by atoms with E-state index in [0.29, 0.717) is 6.61 Å². The molecule has 0 saturated carbocycles. The maximum atomic E-state index is 12.2. The highest BCUT2D eigenvalue weighted by Gasteiger charge is 2.19. The first-order valence-electron chi connectivity index (χ1n) is 9.04. The summed E-state index contributed by atoms with van der Waals surface area (Å²) >= 11 is 0. The summed E-state index contributed by atoms with van der Waals surface area (Å²) in [4.78, 5) is 12.2. The van der Waals surface area contributed by atoms with Gasteiger partial charge in [-0.2, -0.15) is 4.57 Å². The molecule has 128 valence electrons. The van der Waals surface area contributed by atoms with Crippen molar-refractivity contribution in [1.82, 2.24) is 0 Å². The lowest BCUT2D eigenvalue weighted by atomic mass is 10.1. The van der Waals surface area contributed by atoms with E-state index in [1.807, 2.05) is 44.4 Å². The summed E-state index contributed by atoms with van der Waals surface area (Å²) in [6.07, 6.45) is 13.3. The molecule has 0 aliphatic rings. The molecule has 0 spiro atoms. The van der Waals surface area contributed by atoms with E-state index in [9.17, 15) is 4.79 Å². The fourth-order valence-electron chi connectivity index (χ4n) is 2.58. The average molecular weight is 318 g/mol. The van der Waals surface area contributed by atoms with Crippen molar-refractivity contribution >= 4 is 11.7 Å².